The average Bonchev–Trinajstić information content (AvgIpc) is 2.88. The molecule has 0 amide bonds. The first-order valence-corrected chi connectivity index (χ1v) is 11.7. The van der Waals surface area contributed by atoms with Gasteiger partial charge in [0, 0.05) is 28.7 Å². The first-order valence-electron chi connectivity index (χ1n) is 10.9. The Morgan fingerprint density at radius 1 is 1.06 bits per heavy atom. The molecule has 36 heavy (non-hydrogen) atoms. The van der Waals surface area contributed by atoms with Crippen molar-refractivity contribution in [3.05, 3.63) is 107 Å². The van der Waals surface area contributed by atoms with Crippen LogP contribution in [0, 0.1) is 10.1 Å². The zero-order chi connectivity index (χ0) is 25.4. The highest BCUT2D eigenvalue weighted by Crippen LogP contribution is 2.24. The van der Waals surface area contributed by atoms with Gasteiger partial charge in [-0.25, -0.2) is 0 Å². The number of methoxy groups -OCH3 is 1. The minimum atomic E-state index is -0.544. The van der Waals surface area contributed by atoms with Crippen LogP contribution in [-0.2, 0) is 13.0 Å². The predicted molar refractivity (Wildman–Crippen MR) is 139 cm³/mol. The summed E-state index contributed by atoms with van der Waals surface area (Å²) < 4.78 is 13.1. The van der Waals surface area contributed by atoms with E-state index in [0.717, 1.165) is 5.56 Å². The van der Waals surface area contributed by atoms with E-state index in [2.05, 4.69) is 20.9 Å². The summed E-state index contributed by atoms with van der Waals surface area (Å²) in [4.78, 5) is 42.1. The Balaban J connectivity index is 1.71. The molecule has 0 saturated heterocycles. The highest BCUT2D eigenvalue weighted by atomic mass is 79.9. The standard InChI is InChI=1S/C26H18BrN3O6/c1-35-19-9-2-15(3-10-19)12-13-29-24(16-4-7-18(8-5-16)30(33)34)28-25-22(26(29)32)23(31)20-14-17(27)6-11-21(20)36-25/h2-11,14H,12-13H2,1H3. The van der Waals surface area contributed by atoms with Gasteiger partial charge in [-0.2, -0.15) is 4.98 Å². The summed E-state index contributed by atoms with van der Waals surface area (Å²) in [5, 5.41) is 11.2. The van der Waals surface area contributed by atoms with Crippen molar-refractivity contribution in [2.24, 2.45) is 0 Å². The molecule has 0 N–H and O–H groups in total. The van der Waals surface area contributed by atoms with Crippen LogP contribution in [0.25, 0.3) is 33.5 Å². The summed E-state index contributed by atoms with van der Waals surface area (Å²) in [6, 6.07) is 18.1. The molecule has 0 aliphatic carbocycles. The van der Waals surface area contributed by atoms with Crippen molar-refractivity contribution in [2.45, 2.75) is 13.0 Å². The maximum atomic E-state index is 13.7. The van der Waals surface area contributed by atoms with E-state index >= 15 is 0 Å². The number of nitrogens with zero attached hydrogens (tertiary/aromatic N) is 3. The molecule has 180 valence electrons. The molecule has 0 fully saturated rings. The second-order valence-corrected chi connectivity index (χ2v) is 8.96. The molecule has 0 aliphatic heterocycles. The Hall–Kier alpha value is -4.31. The minimum absolute atomic E-state index is 0.0882. The molecule has 0 unspecified atom stereocenters. The molecule has 3 aromatic carbocycles. The number of rotatable bonds is 6. The minimum Gasteiger partial charge on any atom is -0.497 e. The second kappa shape index (κ2) is 9.38. The number of benzene rings is 3. The van der Waals surface area contributed by atoms with E-state index in [1.165, 1.54) is 28.8 Å². The van der Waals surface area contributed by atoms with E-state index in [0.29, 0.717) is 27.8 Å². The fraction of sp³-hybridized carbons (Fsp3) is 0.115. The van der Waals surface area contributed by atoms with Crippen LogP contribution < -0.4 is 15.7 Å². The Bertz CT molecular complexity index is 1740. The first kappa shape index (κ1) is 23.4. The van der Waals surface area contributed by atoms with Crippen LogP contribution in [0.4, 0.5) is 5.69 Å². The normalized spacial score (nSPS) is 11.2. The summed E-state index contributed by atoms with van der Waals surface area (Å²) in [6.07, 6.45) is 0.474. The van der Waals surface area contributed by atoms with Crippen molar-refractivity contribution in [3.63, 3.8) is 0 Å². The quantitative estimate of drug-likeness (QED) is 0.165. The van der Waals surface area contributed by atoms with Gasteiger partial charge in [0.15, 0.2) is 5.39 Å². The summed E-state index contributed by atoms with van der Waals surface area (Å²) in [5.74, 6) is 0.959. The molecular weight excluding hydrogens is 530 g/mol. The molecule has 0 bridgehead atoms. The van der Waals surface area contributed by atoms with Crippen molar-refractivity contribution >= 4 is 43.7 Å². The number of halogens is 1. The number of nitro benzene ring substituents is 1. The van der Waals surface area contributed by atoms with Crippen LogP contribution in [0.2, 0.25) is 0 Å². The van der Waals surface area contributed by atoms with Gasteiger partial charge in [0.1, 0.15) is 17.2 Å². The molecule has 0 saturated carbocycles. The van der Waals surface area contributed by atoms with Crippen LogP contribution in [0.3, 0.4) is 0 Å². The predicted octanol–water partition coefficient (Wildman–Crippen LogP) is 5.09. The number of non-ortho nitro benzene ring substituents is 1. The lowest BCUT2D eigenvalue weighted by molar-refractivity contribution is -0.384. The van der Waals surface area contributed by atoms with E-state index < -0.39 is 15.9 Å². The van der Waals surface area contributed by atoms with Crippen molar-refractivity contribution in [3.8, 4) is 17.1 Å². The molecule has 2 heterocycles. The maximum Gasteiger partial charge on any atom is 0.269 e. The average molecular weight is 548 g/mol. The lowest BCUT2D eigenvalue weighted by atomic mass is 10.1. The number of aryl methyl sites for hydroxylation is 1. The summed E-state index contributed by atoms with van der Waals surface area (Å²) in [7, 11) is 1.58. The second-order valence-electron chi connectivity index (χ2n) is 8.05. The molecule has 5 aromatic rings. The third-order valence-corrected chi connectivity index (χ3v) is 6.37. The van der Waals surface area contributed by atoms with Crippen molar-refractivity contribution in [1.82, 2.24) is 9.55 Å². The highest BCUT2D eigenvalue weighted by Gasteiger charge is 2.20. The van der Waals surface area contributed by atoms with Crippen LogP contribution in [-0.4, -0.2) is 21.6 Å². The third-order valence-electron chi connectivity index (χ3n) is 5.88. The number of ether oxygens (including phenoxy) is 1. The molecule has 10 heteroatoms. The zero-order valence-electron chi connectivity index (χ0n) is 18.9. The van der Waals surface area contributed by atoms with Crippen molar-refractivity contribution < 1.29 is 14.1 Å². The molecular formula is C26H18BrN3O6. The van der Waals surface area contributed by atoms with E-state index in [1.807, 2.05) is 24.3 Å². The van der Waals surface area contributed by atoms with Crippen LogP contribution in [0.15, 0.2) is 85.2 Å². The Morgan fingerprint density at radius 2 is 1.78 bits per heavy atom. The van der Waals surface area contributed by atoms with Gasteiger partial charge in [0.2, 0.25) is 11.1 Å². The number of aromatic nitrogens is 2. The van der Waals surface area contributed by atoms with E-state index in [1.54, 1.807) is 25.3 Å². The first-order chi connectivity index (χ1) is 17.4. The highest BCUT2D eigenvalue weighted by molar-refractivity contribution is 9.10. The Kier molecular flexibility index (Phi) is 6.11. The largest absolute Gasteiger partial charge is 0.497 e. The monoisotopic (exact) mass is 547 g/mol. The molecule has 9 nitrogen and oxygen atoms in total. The summed E-state index contributed by atoms with van der Waals surface area (Å²) >= 11 is 3.35. The van der Waals surface area contributed by atoms with Gasteiger partial charge in [-0.15, -0.1) is 0 Å². The van der Waals surface area contributed by atoms with Gasteiger partial charge >= 0.3 is 0 Å². The van der Waals surface area contributed by atoms with E-state index in [-0.39, 0.29) is 34.5 Å². The van der Waals surface area contributed by atoms with Crippen LogP contribution in [0.5, 0.6) is 5.75 Å². The number of fused-ring (bicyclic) bond motifs is 2. The molecule has 0 radical (unpaired) electrons. The fourth-order valence-electron chi connectivity index (χ4n) is 4.00. The number of hydrogen-bond acceptors (Lipinski definition) is 7. The molecule has 0 aliphatic rings. The van der Waals surface area contributed by atoms with Gasteiger partial charge in [-0.05, 0) is 54.4 Å². The topological polar surface area (TPSA) is 117 Å². The summed E-state index contributed by atoms with van der Waals surface area (Å²) in [5.41, 5.74) is 0.535. The Morgan fingerprint density at radius 3 is 2.44 bits per heavy atom. The zero-order valence-corrected chi connectivity index (χ0v) is 20.5. The van der Waals surface area contributed by atoms with Gasteiger partial charge in [0.25, 0.3) is 11.2 Å². The van der Waals surface area contributed by atoms with Crippen molar-refractivity contribution in [1.29, 1.82) is 0 Å². The fourth-order valence-corrected chi connectivity index (χ4v) is 4.36. The SMILES string of the molecule is COc1ccc(CCn2c(-c3ccc([N+](=O)[O-])cc3)nc3oc4ccc(Br)cc4c(=O)c3c2=O)cc1. The molecule has 5 rings (SSSR count). The summed E-state index contributed by atoms with van der Waals surface area (Å²) in [6.45, 7) is 0.219. The van der Waals surface area contributed by atoms with Crippen LogP contribution >= 0.6 is 15.9 Å². The molecule has 0 atom stereocenters. The molecule has 2 aromatic heterocycles. The van der Waals surface area contributed by atoms with Gasteiger partial charge in [0.05, 0.1) is 17.4 Å². The van der Waals surface area contributed by atoms with E-state index in [4.69, 9.17) is 9.15 Å². The van der Waals surface area contributed by atoms with Gasteiger partial charge in [-0.1, -0.05) is 28.1 Å². The lowest BCUT2D eigenvalue weighted by Gasteiger charge is -2.14. The maximum absolute atomic E-state index is 13.7. The third kappa shape index (κ3) is 4.27. The van der Waals surface area contributed by atoms with Gasteiger partial charge < -0.3 is 9.15 Å². The Labute approximate surface area is 211 Å². The van der Waals surface area contributed by atoms with Crippen LogP contribution in [0.1, 0.15) is 5.56 Å². The lowest BCUT2D eigenvalue weighted by Crippen LogP contribution is -2.28. The number of hydrogen-bond donors (Lipinski definition) is 0. The van der Waals surface area contributed by atoms with E-state index in [9.17, 15) is 19.7 Å². The van der Waals surface area contributed by atoms with Crippen molar-refractivity contribution in [2.75, 3.05) is 7.11 Å². The number of nitro groups is 1. The smallest absolute Gasteiger partial charge is 0.269 e. The molecule has 0 spiro atoms. The van der Waals surface area contributed by atoms with Gasteiger partial charge in [-0.3, -0.25) is 24.3 Å².